The highest BCUT2D eigenvalue weighted by molar-refractivity contribution is 6.24. The summed E-state index contributed by atoms with van der Waals surface area (Å²) in [6, 6.07) is 3.42. The van der Waals surface area contributed by atoms with Crippen LogP contribution in [0.3, 0.4) is 0 Å². The summed E-state index contributed by atoms with van der Waals surface area (Å²) in [6.07, 6.45) is 1.35. The molecule has 2 aromatic carbocycles. The normalized spacial score (nSPS) is 13.0. The highest BCUT2D eigenvalue weighted by Gasteiger charge is 2.25. The molecule has 0 amide bonds. The Morgan fingerprint density at radius 2 is 1.08 bits per heavy atom. The van der Waals surface area contributed by atoms with Crippen molar-refractivity contribution in [3.05, 3.63) is 43.6 Å². The zero-order valence-corrected chi connectivity index (χ0v) is 23.7. The van der Waals surface area contributed by atoms with Crippen LogP contribution in [0.1, 0.15) is 12.8 Å². The van der Waals surface area contributed by atoms with Crippen molar-refractivity contribution >= 4 is 57.1 Å². The Balaban J connectivity index is 0.00000200. The molecule has 1 aliphatic rings. The number of benzene rings is 2. The van der Waals surface area contributed by atoms with E-state index in [1.54, 1.807) is 12.1 Å². The molecule has 0 atom stereocenters. The van der Waals surface area contributed by atoms with Crippen LogP contribution in [0.5, 0.6) is 11.8 Å². The molecule has 2 aromatic heterocycles. The van der Waals surface area contributed by atoms with Gasteiger partial charge in [0.25, 0.3) is 11.1 Å². The van der Waals surface area contributed by atoms with E-state index in [-0.39, 0.29) is 47.7 Å². The molecule has 38 heavy (non-hydrogen) atoms. The minimum atomic E-state index is -0.361. The Morgan fingerprint density at radius 3 is 1.42 bits per heavy atom. The van der Waals surface area contributed by atoms with Crippen molar-refractivity contribution in [2.24, 2.45) is 9.98 Å². The molecule has 0 unspecified atom stereocenters. The number of hydrogen-bond acceptors (Lipinski definition) is 8. The van der Waals surface area contributed by atoms with Crippen LogP contribution < -0.4 is 21.8 Å². The number of aromatic hydroxyl groups is 2. The van der Waals surface area contributed by atoms with Crippen LogP contribution in [0.2, 0.25) is 0 Å². The molecule has 206 valence electrons. The maximum absolute atomic E-state index is 13.8. The van der Waals surface area contributed by atoms with Crippen LogP contribution in [-0.4, -0.2) is 83.5 Å². The average Bonchev–Trinajstić information content (AvgIpc) is 2.84. The quantitative estimate of drug-likeness (QED) is 0.312. The second kappa shape index (κ2) is 11.4. The topological polar surface area (TPSA) is 116 Å². The summed E-state index contributed by atoms with van der Waals surface area (Å²) in [5.41, 5.74) is -0.722. The molecule has 0 fully saturated rings. The van der Waals surface area contributed by atoms with Gasteiger partial charge in [-0.05, 0) is 66.3 Å². The summed E-state index contributed by atoms with van der Waals surface area (Å²) in [4.78, 5) is 40.9. The zero-order valence-electron chi connectivity index (χ0n) is 22.0. The minimum absolute atomic E-state index is 0. The molecular formula is C26H34Cl2N6O4. The summed E-state index contributed by atoms with van der Waals surface area (Å²) >= 11 is 0. The lowest BCUT2D eigenvalue weighted by Crippen LogP contribution is -2.40. The standard InChI is InChI=1S/C26H32N6O4.2ClH/c1-29(2)11-5-13-31-23(33)15-7-8-16-18-17(15)19(25(31)35)21-22(28-10-9-27-21)20(18)26(36)32(24(16)34)14-6-12-30(3)4;;/h7-8,33-34H,5-6,9-14H2,1-4H3;2*1H. The van der Waals surface area contributed by atoms with Crippen LogP contribution >= 0.6 is 24.8 Å². The first kappa shape index (κ1) is 29.6. The van der Waals surface area contributed by atoms with Crippen molar-refractivity contribution in [1.29, 1.82) is 0 Å². The van der Waals surface area contributed by atoms with Gasteiger partial charge >= 0.3 is 0 Å². The van der Waals surface area contributed by atoms with E-state index >= 15 is 0 Å². The van der Waals surface area contributed by atoms with Crippen molar-refractivity contribution in [3.63, 3.8) is 0 Å². The fourth-order valence-corrected chi connectivity index (χ4v) is 5.27. The number of hydrogen-bond donors (Lipinski definition) is 2. The molecule has 0 radical (unpaired) electrons. The predicted molar refractivity (Wildman–Crippen MR) is 155 cm³/mol. The van der Waals surface area contributed by atoms with Gasteiger partial charge in [0, 0.05) is 34.6 Å². The Kier molecular flexibility index (Phi) is 8.93. The second-order valence-corrected chi connectivity index (χ2v) is 10.00. The average molecular weight is 566 g/mol. The summed E-state index contributed by atoms with van der Waals surface area (Å²) in [6.45, 7) is 3.04. The Hall–Kier alpha value is -2.92. The van der Waals surface area contributed by atoms with Crippen LogP contribution in [0.15, 0.2) is 31.7 Å². The van der Waals surface area contributed by atoms with Gasteiger partial charge in [-0.1, -0.05) is 0 Å². The van der Waals surface area contributed by atoms with Gasteiger partial charge in [-0.25, -0.2) is 0 Å². The first-order valence-electron chi connectivity index (χ1n) is 12.3. The van der Waals surface area contributed by atoms with E-state index in [9.17, 15) is 19.8 Å². The number of rotatable bonds is 8. The molecule has 12 heteroatoms. The third-order valence-electron chi connectivity index (χ3n) is 6.93. The van der Waals surface area contributed by atoms with Crippen LogP contribution in [-0.2, 0) is 13.1 Å². The summed E-state index contributed by atoms with van der Waals surface area (Å²) in [5.74, 6) is -0.284. The first-order chi connectivity index (χ1) is 17.2. The van der Waals surface area contributed by atoms with Gasteiger partial charge in [-0.15, -0.1) is 24.8 Å². The third-order valence-corrected chi connectivity index (χ3v) is 6.93. The largest absolute Gasteiger partial charge is 0.494 e. The Morgan fingerprint density at radius 1 is 0.711 bits per heavy atom. The summed E-state index contributed by atoms with van der Waals surface area (Å²) in [7, 11) is 7.83. The molecule has 4 aromatic rings. The molecule has 0 spiro atoms. The van der Waals surface area contributed by atoms with E-state index in [0.717, 1.165) is 13.1 Å². The van der Waals surface area contributed by atoms with Gasteiger partial charge in [0.15, 0.2) is 0 Å². The number of fused-ring (bicyclic) bond motifs is 3. The van der Waals surface area contributed by atoms with E-state index in [2.05, 4.69) is 9.98 Å². The molecule has 0 saturated heterocycles. The van der Waals surface area contributed by atoms with Gasteiger partial charge < -0.3 is 20.0 Å². The number of halogens is 2. The van der Waals surface area contributed by atoms with Crippen molar-refractivity contribution in [3.8, 4) is 11.8 Å². The molecular weight excluding hydrogens is 531 g/mol. The SMILES string of the molecule is CN(C)CCCn1c(O)c2ccc3c(O)n(CCCN(C)C)c(=O)c4c5c(c(c1=O)c2c34)=NCCN=5.Cl.Cl. The van der Waals surface area contributed by atoms with E-state index in [1.807, 2.05) is 38.0 Å². The fraction of sp³-hybridized carbons (Fsp3) is 0.462. The van der Waals surface area contributed by atoms with Gasteiger partial charge in [0.1, 0.15) is 0 Å². The second-order valence-electron chi connectivity index (χ2n) is 10.00. The highest BCUT2D eigenvalue weighted by Crippen LogP contribution is 2.36. The molecule has 0 aliphatic carbocycles. The Labute approximate surface area is 231 Å². The maximum atomic E-state index is 13.8. The number of aromatic nitrogens is 2. The lowest BCUT2D eigenvalue weighted by molar-refractivity contribution is 0.364. The molecule has 10 nitrogen and oxygen atoms in total. The predicted octanol–water partition coefficient (Wildman–Crippen LogP) is 1.32. The van der Waals surface area contributed by atoms with E-state index < -0.39 is 0 Å². The van der Waals surface area contributed by atoms with Crippen molar-refractivity contribution in [1.82, 2.24) is 18.9 Å². The molecule has 0 bridgehead atoms. The van der Waals surface area contributed by atoms with E-state index in [1.165, 1.54) is 9.13 Å². The summed E-state index contributed by atoms with van der Waals surface area (Å²) in [5, 5.41) is 25.7. The lowest BCUT2D eigenvalue weighted by atomic mass is 9.94. The van der Waals surface area contributed by atoms with Gasteiger partial charge in [0.2, 0.25) is 11.8 Å². The lowest BCUT2D eigenvalue weighted by Gasteiger charge is -2.20. The number of nitrogens with zero attached hydrogens (tertiary/aromatic N) is 6. The van der Waals surface area contributed by atoms with Crippen LogP contribution in [0.4, 0.5) is 0 Å². The zero-order chi connectivity index (χ0) is 25.7. The maximum Gasteiger partial charge on any atom is 0.263 e. The highest BCUT2D eigenvalue weighted by atomic mass is 35.5. The van der Waals surface area contributed by atoms with Crippen LogP contribution in [0.25, 0.3) is 32.3 Å². The molecule has 2 N–H and O–H groups in total. The van der Waals surface area contributed by atoms with Gasteiger partial charge in [0.05, 0.1) is 34.6 Å². The third kappa shape index (κ3) is 4.70. The minimum Gasteiger partial charge on any atom is -0.494 e. The monoisotopic (exact) mass is 564 g/mol. The van der Waals surface area contributed by atoms with E-state index in [4.69, 9.17) is 0 Å². The van der Waals surface area contributed by atoms with Gasteiger partial charge in [-0.3, -0.25) is 28.7 Å². The molecule has 1 aliphatic heterocycles. The molecule has 5 rings (SSSR count). The van der Waals surface area contributed by atoms with Crippen molar-refractivity contribution in [2.45, 2.75) is 25.9 Å². The fourth-order valence-electron chi connectivity index (χ4n) is 5.27. The van der Waals surface area contributed by atoms with E-state index in [0.29, 0.717) is 82.1 Å². The smallest absolute Gasteiger partial charge is 0.263 e. The molecule has 3 heterocycles. The summed E-state index contributed by atoms with van der Waals surface area (Å²) < 4.78 is 2.77. The van der Waals surface area contributed by atoms with Gasteiger partial charge in [-0.2, -0.15) is 0 Å². The van der Waals surface area contributed by atoms with Crippen LogP contribution in [0, 0.1) is 0 Å². The Bertz CT molecular complexity index is 1600. The van der Waals surface area contributed by atoms with Crippen molar-refractivity contribution < 1.29 is 10.2 Å². The first-order valence-corrected chi connectivity index (χ1v) is 12.3. The number of pyridine rings is 2. The van der Waals surface area contributed by atoms with Crippen molar-refractivity contribution in [2.75, 3.05) is 54.4 Å². The molecule has 0 saturated carbocycles.